The second-order valence-electron chi connectivity index (χ2n) is 5.44. The lowest BCUT2D eigenvalue weighted by Crippen LogP contribution is -2.37. The molecular weight excluding hydrogens is 188 g/mol. The Kier molecular flexibility index (Phi) is 4.58. The highest BCUT2D eigenvalue weighted by Gasteiger charge is 2.26. The van der Waals surface area contributed by atoms with Crippen LogP contribution in [0.1, 0.15) is 39.5 Å². The quantitative estimate of drug-likeness (QED) is 0.742. The van der Waals surface area contributed by atoms with Crippen LogP contribution in [0.2, 0.25) is 0 Å². The molecule has 88 valence electrons. The second kappa shape index (κ2) is 5.50. The van der Waals surface area contributed by atoms with E-state index in [1.165, 1.54) is 25.7 Å². The average molecular weight is 212 g/mol. The van der Waals surface area contributed by atoms with E-state index in [2.05, 4.69) is 24.5 Å². The van der Waals surface area contributed by atoms with Gasteiger partial charge in [-0.05, 0) is 44.1 Å². The van der Waals surface area contributed by atoms with Gasteiger partial charge in [0.25, 0.3) is 0 Å². The molecule has 1 rings (SSSR count). The minimum absolute atomic E-state index is 0.113. The predicted octanol–water partition coefficient (Wildman–Crippen LogP) is 1.54. The van der Waals surface area contributed by atoms with Crippen LogP contribution in [0.3, 0.4) is 0 Å². The number of hydrogen-bond acceptors (Lipinski definition) is 2. The van der Waals surface area contributed by atoms with Gasteiger partial charge in [0.05, 0.1) is 6.54 Å². The normalized spacial score (nSPS) is 21.3. The summed E-state index contributed by atoms with van der Waals surface area (Å²) in [6, 6.07) is 0. The SMILES string of the molecule is CNCC(=O)NCC1CCC(C)(C)CC1. The smallest absolute Gasteiger partial charge is 0.233 e. The molecule has 0 unspecified atom stereocenters. The first kappa shape index (κ1) is 12.5. The first-order chi connectivity index (χ1) is 7.03. The Morgan fingerprint density at radius 2 is 1.93 bits per heavy atom. The van der Waals surface area contributed by atoms with Crippen molar-refractivity contribution in [3.05, 3.63) is 0 Å². The third kappa shape index (κ3) is 4.65. The van der Waals surface area contributed by atoms with Gasteiger partial charge in [-0.2, -0.15) is 0 Å². The predicted molar refractivity (Wildman–Crippen MR) is 62.7 cm³/mol. The summed E-state index contributed by atoms with van der Waals surface area (Å²) >= 11 is 0. The lowest BCUT2D eigenvalue weighted by molar-refractivity contribution is -0.120. The Balaban J connectivity index is 2.16. The van der Waals surface area contributed by atoms with E-state index in [0.717, 1.165) is 6.54 Å². The molecule has 0 atom stereocenters. The molecule has 2 N–H and O–H groups in total. The van der Waals surface area contributed by atoms with Gasteiger partial charge in [0.1, 0.15) is 0 Å². The lowest BCUT2D eigenvalue weighted by Gasteiger charge is -2.34. The maximum absolute atomic E-state index is 11.2. The van der Waals surface area contributed by atoms with Crippen molar-refractivity contribution in [2.75, 3.05) is 20.1 Å². The second-order valence-corrected chi connectivity index (χ2v) is 5.44. The maximum Gasteiger partial charge on any atom is 0.233 e. The zero-order valence-electron chi connectivity index (χ0n) is 10.2. The van der Waals surface area contributed by atoms with Crippen LogP contribution in [0.15, 0.2) is 0 Å². The van der Waals surface area contributed by atoms with Gasteiger partial charge in [-0.3, -0.25) is 4.79 Å². The van der Waals surface area contributed by atoms with Crippen molar-refractivity contribution >= 4 is 5.91 Å². The number of carbonyl (C=O) groups is 1. The Hall–Kier alpha value is -0.570. The van der Waals surface area contributed by atoms with Crippen LogP contribution in [-0.2, 0) is 4.79 Å². The zero-order chi connectivity index (χ0) is 11.3. The first-order valence-electron chi connectivity index (χ1n) is 5.95. The summed E-state index contributed by atoms with van der Waals surface area (Å²) < 4.78 is 0. The van der Waals surface area contributed by atoms with Gasteiger partial charge in [0.2, 0.25) is 5.91 Å². The summed E-state index contributed by atoms with van der Waals surface area (Å²) in [5.74, 6) is 0.807. The summed E-state index contributed by atoms with van der Waals surface area (Å²) in [5.41, 5.74) is 0.519. The maximum atomic E-state index is 11.2. The van der Waals surface area contributed by atoms with E-state index in [1.807, 2.05) is 0 Å². The molecule has 0 spiro atoms. The third-order valence-electron chi connectivity index (χ3n) is 3.38. The number of likely N-dealkylation sites (N-methyl/N-ethyl adjacent to an activating group) is 1. The highest BCUT2D eigenvalue weighted by atomic mass is 16.1. The highest BCUT2D eigenvalue weighted by Crippen LogP contribution is 2.37. The molecule has 0 aromatic heterocycles. The van der Waals surface area contributed by atoms with Crippen LogP contribution in [0, 0.1) is 11.3 Å². The fourth-order valence-electron chi connectivity index (χ4n) is 2.14. The Morgan fingerprint density at radius 3 is 2.47 bits per heavy atom. The van der Waals surface area contributed by atoms with Gasteiger partial charge in [-0.1, -0.05) is 13.8 Å². The Bertz CT molecular complexity index is 204. The van der Waals surface area contributed by atoms with E-state index in [1.54, 1.807) is 7.05 Å². The molecule has 3 heteroatoms. The van der Waals surface area contributed by atoms with Crippen molar-refractivity contribution in [3.8, 4) is 0 Å². The van der Waals surface area contributed by atoms with Crippen molar-refractivity contribution in [1.29, 1.82) is 0 Å². The molecule has 0 aromatic rings. The van der Waals surface area contributed by atoms with Crippen LogP contribution < -0.4 is 10.6 Å². The van der Waals surface area contributed by atoms with Crippen LogP contribution in [0.25, 0.3) is 0 Å². The van der Waals surface area contributed by atoms with Gasteiger partial charge in [-0.15, -0.1) is 0 Å². The molecule has 1 amide bonds. The summed E-state index contributed by atoms with van der Waals surface area (Å²) in [5, 5.41) is 5.84. The van der Waals surface area contributed by atoms with Crippen LogP contribution in [0.5, 0.6) is 0 Å². The lowest BCUT2D eigenvalue weighted by atomic mass is 9.73. The van der Waals surface area contributed by atoms with E-state index in [9.17, 15) is 4.79 Å². The molecule has 0 saturated heterocycles. The molecule has 1 aliphatic carbocycles. The molecule has 0 radical (unpaired) electrons. The van der Waals surface area contributed by atoms with E-state index in [-0.39, 0.29) is 5.91 Å². The number of nitrogens with one attached hydrogen (secondary N) is 2. The van der Waals surface area contributed by atoms with Crippen molar-refractivity contribution in [2.45, 2.75) is 39.5 Å². The number of carbonyl (C=O) groups excluding carboxylic acids is 1. The van der Waals surface area contributed by atoms with Gasteiger partial charge in [0, 0.05) is 6.54 Å². The van der Waals surface area contributed by atoms with Crippen LogP contribution in [-0.4, -0.2) is 26.0 Å². The molecule has 0 bridgehead atoms. The van der Waals surface area contributed by atoms with E-state index in [0.29, 0.717) is 17.9 Å². The molecule has 1 fully saturated rings. The fraction of sp³-hybridized carbons (Fsp3) is 0.917. The summed E-state index contributed by atoms with van der Waals surface area (Å²) in [4.78, 5) is 11.2. The molecule has 3 nitrogen and oxygen atoms in total. The van der Waals surface area contributed by atoms with Crippen molar-refractivity contribution in [3.63, 3.8) is 0 Å². The zero-order valence-corrected chi connectivity index (χ0v) is 10.2. The highest BCUT2D eigenvalue weighted by molar-refractivity contribution is 5.77. The number of amides is 1. The van der Waals surface area contributed by atoms with Gasteiger partial charge in [-0.25, -0.2) is 0 Å². The molecule has 0 aromatic carbocycles. The standard InChI is InChI=1S/C12H24N2O/c1-12(2)6-4-10(5-7-12)8-14-11(15)9-13-3/h10,13H,4-9H2,1-3H3,(H,14,15). The minimum atomic E-state index is 0.113. The van der Waals surface area contributed by atoms with E-state index >= 15 is 0 Å². The number of rotatable bonds is 4. The summed E-state index contributed by atoms with van der Waals surface area (Å²) in [6.45, 7) is 5.96. The average Bonchev–Trinajstić information content (AvgIpc) is 2.17. The van der Waals surface area contributed by atoms with Gasteiger partial charge in [0.15, 0.2) is 0 Å². The molecular formula is C12H24N2O. The fourth-order valence-corrected chi connectivity index (χ4v) is 2.14. The van der Waals surface area contributed by atoms with Crippen molar-refractivity contribution < 1.29 is 4.79 Å². The minimum Gasteiger partial charge on any atom is -0.355 e. The molecule has 15 heavy (non-hydrogen) atoms. The van der Waals surface area contributed by atoms with E-state index in [4.69, 9.17) is 0 Å². The molecule has 1 saturated carbocycles. The Morgan fingerprint density at radius 1 is 1.33 bits per heavy atom. The van der Waals surface area contributed by atoms with Gasteiger partial charge >= 0.3 is 0 Å². The van der Waals surface area contributed by atoms with Crippen LogP contribution in [0.4, 0.5) is 0 Å². The topological polar surface area (TPSA) is 41.1 Å². The first-order valence-corrected chi connectivity index (χ1v) is 5.95. The summed E-state index contributed by atoms with van der Waals surface area (Å²) in [7, 11) is 1.79. The van der Waals surface area contributed by atoms with E-state index < -0.39 is 0 Å². The third-order valence-corrected chi connectivity index (χ3v) is 3.38. The van der Waals surface area contributed by atoms with Crippen molar-refractivity contribution in [2.24, 2.45) is 11.3 Å². The van der Waals surface area contributed by atoms with Crippen LogP contribution >= 0.6 is 0 Å². The molecule has 0 heterocycles. The summed E-state index contributed by atoms with van der Waals surface area (Å²) in [6.07, 6.45) is 5.10. The largest absolute Gasteiger partial charge is 0.355 e. The molecule has 1 aliphatic rings. The number of hydrogen-bond donors (Lipinski definition) is 2. The monoisotopic (exact) mass is 212 g/mol. The molecule has 0 aliphatic heterocycles. The van der Waals surface area contributed by atoms with Gasteiger partial charge < -0.3 is 10.6 Å². The Labute approximate surface area is 93.0 Å². The van der Waals surface area contributed by atoms with Crippen molar-refractivity contribution in [1.82, 2.24) is 10.6 Å².